The Morgan fingerprint density at radius 2 is 1.80 bits per heavy atom. The van der Waals surface area contributed by atoms with E-state index in [0.717, 1.165) is 0 Å². The van der Waals surface area contributed by atoms with E-state index < -0.39 is 6.16 Å². The lowest BCUT2D eigenvalue weighted by atomic mass is 10.1. The molecule has 0 bridgehead atoms. The van der Waals surface area contributed by atoms with Crippen LogP contribution in [0.25, 0.3) is 0 Å². The maximum atomic E-state index is 11.1. The van der Waals surface area contributed by atoms with Crippen molar-refractivity contribution in [3.8, 4) is 0 Å². The van der Waals surface area contributed by atoms with E-state index in [9.17, 15) is 4.79 Å². The molecule has 0 rings (SSSR count). The van der Waals surface area contributed by atoms with Crippen LogP contribution in [0.15, 0.2) is 12.2 Å². The van der Waals surface area contributed by atoms with E-state index in [-0.39, 0.29) is 12.0 Å². The lowest BCUT2D eigenvalue weighted by Crippen LogP contribution is -2.22. The summed E-state index contributed by atoms with van der Waals surface area (Å²) in [5, 5.41) is 0. The second-order valence-electron chi connectivity index (χ2n) is 4.14. The highest BCUT2D eigenvalue weighted by molar-refractivity contribution is 5.60. The van der Waals surface area contributed by atoms with Gasteiger partial charge in [-0.2, -0.15) is 0 Å². The van der Waals surface area contributed by atoms with Gasteiger partial charge < -0.3 is 9.47 Å². The van der Waals surface area contributed by atoms with Crippen molar-refractivity contribution in [3.63, 3.8) is 0 Å². The zero-order chi connectivity index (χ0) is 11.8. The summed E-state index contributed by atoms with van der Waals surface area (Å²) in [4.78, 5) is 11.1. The smallest absolute Gasteiger partial charge is 0.435 e. The number of ether oxygens (including phenoxy) is 2. The van der Waals surface area contributed by atoms with Crippen LogP contribution in [0.2, 0.25) is 0 Å². The predicted molar refractivity (Wildman–Crippen MR) is 60.7 cm³/mol. The van der Waals surface area contributed by atoms with Gasteiger partial charge in [0.05, 0.1) is 6.61 Å². The molecule has 0 aliphatic rings. The lowest BCUT2D eigenvalue weighted by Gasteiger charge is -2.17. The Balaban J connectivity index is 4.22. The molecule has 0 radical (unpaired) electrons. The van der Waals surface area contributed by atoms with Gasteiger partial charge >= 0.3 is 6.16 Å². The van der Waals surface area contributed by atoms with Gasteiger partial charge in [-0.15, -0.1) is 0 Å². The molecule has 0 aromatic rings. The molecule has 88 valence electrons. The van der Waals surface area contributed by atoms with E-state index in [4.69, 9.17) is 9.47 Å². The third-order valence-corrected chi connectivity index (χ3v) is 1.84. The molecule has 0 amide bonds. The minimum Gasteiger partial charge on any atom is -0.435 e. The van der Waals surface area contributed by atoms with Gasteiger partial charge in [0.25, 0.3) is 0 Å². The first-order valence-corrected chi connectivity index (χ1v) is 5.49. The first-order valence-electron chi connectivity index (χ1n) is 5.49. The van der Waals surface area contributed by atoms with Gasteiger partial charge in [0.15, 0.2) is 0 Å². The summed E-state index contributed by atoms with van der Waals surface area (Å²) < 4.78 is 9.89. The average molecular weight is 214 g/mol. The van der Waals surface area contributed by atoms with Gasteiger partial charge in [0, 0.05) is 0 Å². The van der Waals surface area contributed by atoms with E-state index in [1.54, 1.807) is 6.92 Å². The van der Waals surface area contributed by atoms with Crippen LogP contribution in [0.1, 0.15) is 34.6 Å². The molecule has 0 aliphatic carbocycles. The molecule has 0 saturated heterocycles. The SMILES string of the molecule is CCOC(=O)OC(C=CC(C)C)C(C)C. The summed E-state index contributed by atoms with van der Waals surface area (Å²) in [5.41, 5.74) is 0. The molecule has 0 heterocycles. The monoisotopic (exact) mass is 214 g/mol. The molecule has 0 N–H and O–H groups in total. The molecule has 3 nitrogen and oxygen atoms in total. The van der Waals surface area contributed by atoms with Crippen molar-refractivity contribution >= 4 is 6.16 Å². The van der Waals surface area contributed by atoms with Crippen molar-refractivity contribution in [1.82, 2.24) is 0 Å². The number of rotatable bonds is 5. The molecule has 15 heavy (non-hydrogen) atoms. The van der Waals surface area contributed by atoms with Gasteiger partial charge in [-0.25, -0.2) is 4.79 Å². The highest BCUT2D eigenvalue weighted by atomic mass is 16.7. The standard InChI is InChI=1S/C12H22O3/c1-6-14-12(13)15-11(10(4)5)8-7-9(2)3/h7-11H,6H2,1-5H3. The van der Waals surface area contributed by atoms with Gasteiger partial charge in [-0.3, -0.25) is 0 Å². The maximum absolute atomic E-state index is 11.1. The molecule has 0 aromatic heterocycles. The molecule has 0 aromatic carbocycles. The molecule has 0 aliphatic heterocycles. The van der Waals surface area contributed by atoms with Crippen LogP contribution in [0.3, 0.4) is 0 Å². The first-order chi connectivity index (χ1) is 6.97. The van der Waals surface area contributed by atoms with Crippen molar-refractivity contribution in [3.05, 3.63) is 12.2 Å². The van der Waals surface area contributed by atoms with Gasteiger partial charge in [0.1, 0.15) is 6.10 Å². The zero-order valence-electron chi connectivity index (χ0n) is 10.3. The second-order valence-corrected chi connectivity index (χ2v) is 4.14. The molecule has 3 heteroatoms. The second kappa shape index (κ2) is 7.32. The average Bonchev–Trinajstić information content (AvgIpc) is 2.11. The van der Waals surface area contributed by atoms with Crippen LogP contribution in [0, 0.1) is 11.8 Å². The Morgan fingerprint density at radius 3 is 2.20 bits per heavy atom. The molecule has 1 unspecified atom stereocenters. The van der Waals surface area contributed by atoms with Crippen molar-refractivity contribution in [1.29, 1.82) is 0 Å². The summed E-state index contributed by atoms with van der Waals surface area (Å²) in [5.74, 6) is 0.710. The normalized spacial score (nSPS) is 13.5. The first kappa shape index (κ1) is 14.0. The lowest BCUT2D eigenvalue weighted by molar-refractivity contribution is 0.0273. The van der Waals surface area contributed by atoms with Gasteiger partial charge in [-0.05, 0) is 24.8 Å². The summed E-state index contributed by atoms with van der Waals surface area (Å²) in [7, 11) is 0. The molecule has 0 saturated carbocycles. The zero-order valence-corrected chi connectivity index (χ0v) is 10.3. The number of carbonyl (C=O) groups excluding carboxylic acids is 1. The van der Waals surface area contributed by atoms with E-state index in [2.05, 4.69) is 13.8 Å². The molecule has 0 fully saturated rings. The van der Waals surface area contributed by atoms with Gasteiger partial charge in [-0.1, -0.05) is 33.8 Å². The number of hydrogen-bond donors (Lipinski definition) is 0. The van der Waals surface area contributed by atoms with Crippen molar-refractivity contribution in [2.75, 3.05) is 6.61 Å². The Kier molecular flexibility index (Phi) is 6.84. The molecule has 0 spiro atoms. The summed E-state index contributed by atoms with van der Waals surface area (Å²) in [6, 6.07) is 0. The Labute approximate surface area is 92.5 Å². The molecular formula is C12H22O3. The van der Waals surface area contributed by atoms with Crippen molar-refractivity contribution < 1.29 is 14.3 Å². The number of carbonyl (C=O) groups is 1. The molecular weight excluding hydrogens is 192 g/mol. The fourth-order valence-corrected chi connectivity index (χ4v) is 0.992. The van der Waals surface area contributed by atoms with E-state index >= 15 is 0 Å². The maximum Gasteiger partial charge on any atom is 0.508 e. The van der Waals surface area contributed by atoms with Crippen LogP contribution < -0.4 is 0 Å². The Morgan fingerprint density at radius 1 is 1.20 bits per heavy atom. The van der Waals surface area contributed by atoms with Crippen LogP contribution in [0.4, 0.5) is 4.79 Å². The highest BCUT2D eigenvalue weighted by Gasteiger charge is 2.15. The van der Waals surface area contributed by atoms with Crippen LogP contribution in [-0.2, 0) is 9.47 Å². The minimum absolute atomic E-state index is 0.202. The van der Waals surface area contributed by atoms with Crippen LogP contribution in [0.5, 0.6) is 0 Å². The third-order valence-electron chi connectivity index (χ3n) is 1.84. The van der Waals surface area contributed by atoms with E-state index in [1.807, 2.05) is 26.0 Å². The van der Waals surface area contributed by atoms with E-state index in [1.165, 1.54) is 0 Å². The highest BCUT2D eigenvalue weighted by Crippen LogP contribution is 2.11. The number of allylic oxidation sites excluding steroid dienone is 1. The number of hydrogen-bond acceptors (Lipinski definition) is 3. The van der Waals surface area contributed by atoms with Gasteiger partial charge in [0.2, 0.25) is 0 Å². The van der Waals surface area contributed by atoms with Crippen LogP contribution >= 0.6 is 0 Å². The summed E-state index contributed by atoms with van der Waals surface area (Å²) in [6.45, 7) is 10.3. The van der Waals surface area contributed by atoms with Crippen LogP contribution in [-0.4, -0.2) is 18.9 Å². The minimum atomic E-state index is -0.593. The topological polar surface area (TPSA) is 35.5 Å². The summed E-state index contributed by atoms with van der Waals surface area (Å²) in [6.07, 6.45) is 3.16. The molecule has 1 atom stereocenters. The fourth-order valence-electron chi connectivity index (χ4n) is 0.992. The van der Waals surface area contributed by atoms with Crippen molar-refractivity contribution in [2.45, 2.75) is 40.7 Å². The largest absolute Gasteiger partial charge is 0.508 e. The quantitative estimate of drug-likeness (QED) is 0.519. The predicted octanol–water partition coefficient (Wildman–Crippen LogP) is 3.40. The van der Waals surface area contributed by atoms with E-state index in [0.29, 0.717) is 12.5 Å². The fraction of sp³-hybridized carbons (Fsp3) is 0.750. The summed E-state index contributed by atoms with van der Waals surface area (Å²) >= 11 is 0. The Hall–Kier alpha value is -0.990. The van der Waals surface area contributed by atoms with Crippen molar-refractivity contribution in [2.24, 2.45) is 11.8 Å². The Bertz CT molecular complexity index is 207. The third kappa shape index (κ3) is 7.00.